The lowest BCUT2D eigenvalue weighted by molar-refractivity contribution is 0.199. The smallest absolute Gasteiger partial charge is 0.0761 e. The van der Waals surface area contributed by atoms with Gasteiger partial charge < -0.3 is 10.0 Å². The molecule has 2 heteroatoms. The molecule has 2 rings (SSSR count). The number of benzene rings is 2. The third-order valence-electron chi connectivity index (χ3n) is 3.36. The number of aliphatic hydroxyl groups is 1. The first-order valence-corrected chi connectivity index (χ1v) is 6.57. The molecule has 0 unspecified atom stereocenters. The van der Waals surface area contributed by atoms with E-state index in [0.717, 1.165) is 11.3 Å². The van der Waals surface area contributed by atoms with E-state index in [2.05, 4.69) is 44.0 Å². The third-order valence-corrected chi connectivity index (χ3v) is 3.36. The summed E-state index contributed by atoms with van der Waals surface area (Å²) in [5.41, 5.74) is 5.78. The van der Waals surface area contributed by atoms with E-state index in [-0.39, 0.29) is 0 Å². The van der Waals surface area contributed by atoms with Crippen molar-refractivity contribution >= 4 is 11.4 Å². The number of aryl methyl sites for hydroxylation is 2. The van der Waals surface area contributed by atoms with Gasteiger partial charge in [-0.25, -0.2) is 0 Å². The maximum absolute atomic E-state index is 9.53. The topological polar surface area (TPSA) is 23.5 Å². The van der Waals surface area contributed by atoms with Crippen molar-refractivity contribution in [3.63, 3.8) is 0 Å². The van der Waals surface area contributed by atoms with Crippen LogP contribution in [0.25, 0.3) is 0 Å². The Hall–Kier alpha value is -1.80. The van der Waals surface area contributed by atoms with Crippen molar-refractivity contribution in [1.29, 1.82) is 0 Å². The van der Waals surface area contributed by atoms with E-state index in [1.807, 2.05) is 24.3 Å². The molecule has 2 aromatic carbocycles. The van der Waals surface area contributed by atoms with Crippen LogP contribution in [0.4, 0.5) is 11.4 Å². The maximum Gasteiger partial charge on any atom is 0.0761 e. The van der Waals surface area contributed by atoms with Crippen molar-refractivity contribution in [1.82, 2.24) is 0 Å². The minimum absolute atomic E-state index is 0.416. The van der Waals surface area contributed by atoms with Gasteiger partial charge in [0.15, 0.2) is 0 Å². The molecule has 0 saturated heterocycles. The van der Waals surface area contributed by atoms with Gasteiger partial charge in [0.1, 0.15) is 0 Å². The Bertz CT molecular complexity index is 538. The molecule has 0 radical (unpaired) electrons. The first kappa shape index (κ1) is 13.6. The Morgan fingerprint density at radius 3 is 1.89 bits per heavy atom. The van der Waals surface area contributed by atoms with E-state index in [4.69, 9.17) is 0 Å². The predicted octanol–water partition coefficient (Wildman–Crippen LogP) is 4.12. The molecule has 0 aliphatic carbocycles. The molecule has 2 nitrogen and oxygen atoms in total. The lowest BCUT2D eigenvalue weighted by Gasteiger charge is -2.21. The lowest BCUT2D eigenvalue weighted by atomic mass is 10.1. The van der Waals surface area contributed by atoms with E-state index in [1.165, 1.54) is 16.8 Å². The van der Waals surface area contributed by atoms with Crippen LogP contribution in [0, 0.1) is 13.8 Å². The summed E-state index contributed by atoms with van der Waals surface area (Å²) in [4.78, 5) is 2.16. The fraction of sp³-hybridized carbons (Fsp3) is 0.294. The predicted molar refractivity (Wildman–Crippen MR) is 81.1 cm³/mol. The highest BCUT2D eigenvalue weighted by atomic mass is 16.3. The Labute approximate surface area is 115 Å². The highest BCUT2D eigenvalue weighted by molar-refractivity contribution is 5.64. The second-order valence-corrected chi connectivity index (χ2v) is 5.17. The molecule has 0 aliphatic heterocycles. The van der Waals surface area contributed by atoms with Crippen LogP contribution in [-0.2, 0) is 0 Å². The zero-order chi connectivity index (χ0) is 14.0. The van der Waals surface area contributed by atoms with E-state index >= 15 is 0 Å². The largest absolute Gasteiger partial charge is 0.389 e. The van der Waals surface area contributed by atoms with Gasteiger partial charge in [-0.2, -0.15) is 0 Å². The number of anilines is 2. The molecule has 100 valence electrons. The van der Waals surface area contributed by atoms with Crippen molar-refractivity contribution in [2.75, 3.05) is 11.9 Å². The number of hydrogen-bond donors (Lipinski definition) is 1. The summed E-state index contributed by atoms with van der Waals surface area (Å²) in [6.45, 7) is 6.00. The number of nitrogens with zero attached hydrogens (tertiary/aromatic N) is 1. The summed E-state index contributed by atoms with van der Waals surface area (Å²) in [6.07, 6.45) is -0.416. The van der Waals surface area contributed by atoms with E-state index in [0.29, 0.717) is 0 Å². The summed E-state index contributed by atoms with van der Waals surface area (Å²) in [5.74, 6) is 0. The standard InChI is InChI=1S/C17H21NO/c1-12-9-13(2)11-17(10-12)18(4)16-7-5-15(6-8-16)14(3)19/h5-11,14,19H,1-4H3/t14-/m0/s1. The first-order chi connectivity index (χ1) is 8.97. The first-order valence-electron chi connectivity index (χ1n) is 6.57. The zero-order valence-corrected chi connectivity index (χ0v) is 12.0. The molecule has 1 atom stereocenters. The highest BCUT2D eigenvalue weighted by Gasteiger charge is 2.06. The number of aliphatic hydroxyl groups excluding tert-OH is 1. The molecule has 0 amide bonds. The summed E-state index contributed by atoms with van der Waals surface area (Å²) in [7, 11) is 2.06. The number of hydrogen-bond acceptors (Lipinski definition) is 2. The van der Waals surface area contributed by atoms with Crippen LogP contribution in [0.15, 0.2) is 42.5 Å². The molecule has 0 spiro atoms. The molecule has 19 heavy (non-hydrogen) atoms. The van der Waals surface area contributed by atoms with Crippen LogP contribution < -0.4 is 4.90 Å². The quantitative estimate of drug-likeness (QED) is 0.891. The van der Waals surface area contributed by atoms with Crippen molar-refractivity contribution in [2.24, 2.45) is 0 Å². The Balaban J connectivity index is 2.30. The third kappa shape index (κ3) is 3.15. The molecule has 0 bridgehead atoms. The average Bonchev–Trinajstić information content (AvgIpc) is 2.37. The van der Waals surface area contributed by atoms with Gasteiger partial charge in [-0.1, -0.05) is 18.2 Å². The molecule has 0 saturated carbocycles. The van der Waals surface area contributed by atoms with Gasteiger partial charge >= 0.3 is 0 Å². The normalized spacial score (nSPS) is 12.3. The second-order valence-electron chi connectivity index (χ2n) is 5.17. The Kier molecular flexibility index (Phi) is 3.91. The SMILES string of the molecule is Cc1cc(C)cc(N(C)c2ccc([C@H](C)O)cc2)c1. The van der Waals surface area contributed by atoms with Crippen LogP contribution in [0.3, 0.4) is 0 Å². The van der Waals surface area contributed by atoms with Crippen molar-refractivity contribution < 1.29 is 5.11 Å². The Morgan fingerprint density at radius 2 is 1.42 bits per heavy atom. The van der Waals surface area contributed by atoms with Gasteiger partial charge in [0.2, 0.25) is 0 Å². The van der Waals surface area contributed by atoms with Gasteiger partial charge in [-0.3, -0.25) is 0 Å². The van der Waals surface area contributed by atoms with Crippen LogP contribution in [0.5, 0.6) is 0 Å². The average molecular weight is 255 g/mol. The highest BCUT2D eigenvalue weighted by Crippen LogP contribution is 2.26. The van der Waals surface area contributed by atoms with E-state index in [1.54, 1.807) is 6.92 Å². The Morgan fingerprint density at radius 1 is 0.895 bits per heavy atom. The van der Waals surface area contributed by atoms with Gasteiger partial charge in [0.05, 0.1) is 6.10 Å². The fourth-order valence-electron chi connectivity index (χ4n) is 2.27. The number of rotatable bonds is 3. The zero-order valence-electron chi connectivity index (χ0n) is 12.0. The van der Waals surface area contributed by atoms with Crippen LogP contribution >= 0.6 is 0 Å². The van der Waals surface area contributed by atoms with Crippen LogP contribution in [0.2, 0.25) is 0 Å². The van der Waals surface area contributed by atoms with Crippen LogP contribution in [0.1, 0.15) is 29.7 Å². The summed E-state index contributed by atoms with van der Waals surface area (Å²) in [6, 6.07) is 14.6. The molecule has 0 aliphatic rings. The molecular formula is C17H21NO. The molecule has 1 N–H and O–H groups in total. The monoisotopic (exact) mass is 255 g/mol. The van der Waals surface area contributed by atoms with Gasteiger partial charge in [0.25, 0.3) is 0 Å². The van der Waals surface area contributed by atoms with E-state index < -0.39 is 6.10 Å². The fourth-order valence-corrected chi connectivity index (χ4v) is 2.27. The lowest BCUT2D eigenvalue weighted by Crippen LogP contribution is -2.10. The molecular weight excluding hydrogens is 234 g/mol. The molecule has 2 aromatic rings. The summed E-state index contributed by atoms with van der Waals surface area (Å²) >= 11 is 0. The molecule has 0 aromatic heterocycles. The second kappa shape index (κ2) is 5.45. The van der Waals surface area contributed by atoms with E-state index in [9.17, 15) is 5.11 Å². The van der Waals surface area contributed by atoms with Gasteiger partial charge in [-0.05, 0) is 61.7 Å². The van der Waals surface area contributed by atoms with Crippen molar-refractivity contribution in [3.8, 4) is 0 Å². The van der Waals surface area contributed by atoms with Gasteiger partial charge in [-0.15, -0.1) is 0 Å². The maximum atomic E-state index is 9.53. The van der Waals surface area contributed by atoms with Crippen molar-refractivity contribution in [2.45, 2.75) is 26.9 Å². The molecule has 0 heterocycles. The minimum atomic E-state index is -0.416. The van der Waals surface area contributed by atoms with Crippen molar-refractivity contribution in [3.05, 3.63) is 59.2 Å². The van der Waals surface area contributed by atoms with Gasteiger partial charge in [0, 0.05) is 18.4 Å². The van der Waals surface area contributed by atoms with Crippen LogP contribution in [-0.4, -0.2) is 12.2 Å². The summed E-state index contributed by atoms with van der Waals surface area (Å²) < 4.78 is 0. The minimum Gasteiger partial charge on any atom is -0.389 e. The molecule has 0 fully saturated rings. The summed E-state index contributed by atoms with van der Waals surface area (Å²) in [5, 5.41) is 9.53.